The van der Waals surface area contributed by atoms with Gasteiger partial charge in [-0.25, -0.2) is 4.79 Å². The zero-order valence-corrected chi connectivity index (χ0v) is 14.0. The molecule has 6 nitrogen and oxygen atoms in total. The third-order valence-electron chi connectivity index (χ3n) is 4.47. The summed E-state index contributed by atoms with van der Waals surface area (Å²) in [5.74, 6) is -0.0204. The first-order valence-electron chi connectivity index (χ1n) is 8.01. The second kappa shape index (κ2) is 6.70. The van der Waals surface area contributed by atoms with Gasteiger partial charge in [-0.2, -0.15) is 0 Å². The lowest BCUT2D eigenvalue weighted by atomic mass is 10.0. The first-order valence-corrected chi connectivity index (χ1v) is 8.82. The van der Waals surface area contributed by atoms with E-state index in [-0.39, 0.29) is 23.8 Å². The Bertz CT molecular complexity index is 620. The summed E-state index contributed by atoms with van der Waals surface area (Å²) >= 11 is 1.26. The molecule has 0 radical (unpaired) electrons. The molecular weight excluding hydrogens is 314 g/mol. The monoisotopic (exact) mass is 335 g/mol. The fourth-order valence-corrected chi connectivity index (χ4v) is 4.04. The van der Waals surface area contributed by atoms with E-state index in [4.69, 9.17) is 0 Å². The number of hydrogen-bond acceptors (Lipinski definition) is 4. The maximum atomic E-state index is 12.5. The number of piperidine rings is 1. The Morgan fingerprint density at radius 3 is 2.48 bits per heavy atom. The molecule has 0 unspecified atom stereocenters. The SMILES string of the molecule is CC(=O)c1ccc(C(=O)N2CCC(N3CCCNC3=O)CC2)s1. The number of Topliss-reactive ketones (excluding diaryl/α,β-unsaturated/α-hetero) is 1. The number of thiophene rings is 1. The van der Waals surface area contributed by atoms with Crippen LogP contribution in [0.3, 0.4) is 0 Å². The number of ketones is 1. The number of nitrogens with one attached hydrogen (secondary N) is 1. The summed E-state index contributed by atoms with van der Waals surface area (Å²) in [6.07, 6.45) is 2.60. The van der Waals surface area contributed by atoms with E-state index in [1.54, 1.807) is 12.1 Å². The van der Waals surface area contributed by atoms with E-state index in [0.717, 1.165) is 32.4 Å². The van der Waals surface area contributed by atoms with E-state index in [1.165, 1.54) is 18.3 Å². The van der Waals surface area contributed by atoms with Crippen LogP contribution < -0.4 is 5.32 Å². The summed E-state index contributed by atoms with van der Waals surface area (Å²) in [6.45, 7) is 4.37. The highest BCUT2D eigenvalue weighted by atomic mass is 32.1. The van der Waals surface area contributed by atoms with Crippen molar-refractivity contribution in [1.29, 1.82) is 0 Å². The van der Waals surface area contributed by atoms with Crippen LogP contribution in [-0.2, 0) is 0 Å². The molecule has 2 saturated heterocycles. The van der Waals surface area contributed by atoms with Crippen LogP contribution >= 0.6 is 11.3 Å². The normalized spacial score (nSPS) is 19.6. The van der Waals surface area contributed by atoms with Crippen molar-refractivity contribution in [2.45, 2.75) is 32.2 Å². The number of hydrogen-bond donors (Lipinski definition) is 1. The Balaban J connectivity index is 1.58. The molecule has 7 heteroatoms. The summed E-state index contributed by atoms with van der Waals surface area (Å²) in [4.78, 5) is 40.7. The van der Waals surface area contributed by atoms with Crippen molar-refractivity contribution in [1.82, 2.24) is 15.1 Å². The minimum Gasteiger partial charge on any atom is -0.338 e. The molecule has 2 aliphatic rings. The van der Waals surface area contributed by atoms with Crippen LogP contribution in [0, 0.1) is 0 Å². The van der Waals surface area contributed by atoms with Gasteiger partial charge in [0.25, 0.3) is 5.91 Å². The molecule has 0 spiro atoms. The highest BCUT2D eigenvalue weighted by Crippen LogP contribution is 2.23. The number of amides is 3. The molecule has 23 heavy (non-hydrogen) atoms. The van der Waals surface area contributed by atoms with E-state index in [1.807, 2.05) is 9.80 Å². The number of urea groups is 1. The molecule has 3 amide bonds. The number of carbonyl (C=O) groups excluding carboxylic acids is 3. The first kappa shape index (κ1) is 16.0. The van der Waals surface area contributed by atoms with Crippen LogP contribution in [0.25, 0.3) is 0 Å². The topological polar surface area (TPSA) is 69.7 Å². The van der Waals surface area contributed by atoms with Crippen LogP contribution in [0.1, 0.15) is 45.5 Å². The predicted octanol–water partition coefficient (Wildman–Crippen LogP) is 1.97. The minimum absolute atomic E-state index is 0.0101. The number of nitrogens with zero attached hydrogens (tertiary/aromatic N) is 2. The number of carbonyl (C=O) groups is 3. The van der Waals surface area contributed by atoms with Gasteiger partial charge in [0.05, 0.1) is 9.75 Å². The van der Waals surface area contributed by atoms with Gasteiger partial charge in [-0.05, 0) is 38.3 Å². The second-order valence-electron chi connectivity index (χ2n) is 6.02. The third kappa shape index (κ3) is 3.39. The van der Waals surface area contributed by atoms with Crippen molar-refractivity contribution < 1.29 is 14.4 Å². The Morgan fingerprint density at radius 2 is 1.87 bits per heavy atom. The Hall–Kier alpha value is -1.89. The summed E-state index contributed by atoms with van der Waals surface area (Å²) in [5, 5.41) is 2.88. The quantitative estimate of drug-likeness (QED) is 0.859. The third-order valence-corrected chi connectivity index (χ3v) is 5.64. The lowest BCUT2D eigenvalue weighted by Gasteiger charge is -2.40. The average molecular weight is 335 g/mol. The van der Waals surface area contributed by atoms with Gasteiger partial charge in [-0.3, -0.25) is 9.59 Å². The van der Waals surface area contributed by atoms with Gasteiger partial charge in [-0.15, -0.1) is 11.3 Å². The predicted molar refractivity (Wildman–Crippen MR) is 88.0 cm³/mol. The smallest absolute Gasteiger partial charge is 0.317 e. The van der Waals surface area contributed by atoms with Crippen molar-refractivity contribution >= 4 is 29.1 Å². The maximum Gasteiger partial charge on any atom is 0.317 e. The largest absolute Gasteiger partial charge is 0.338 e. The molecule has 0 aliphatic carbocycles. The molecule has 0 bridgehead atoms. The highest BCUT2D eigenvalue weighted by molar-refractivity contribution is 7.15. The summed E-state index contributed by atoms with van der Waals surface area (Å²) < 4.78 is 0. The van der Waals surface area contributed by atoms with E-state index < -0.39 is 0 Å². The molecule has 1 aromatic heterocycles. The molecule has 1 aromatic rings. The molecule has 2 fully saturated rings. The number of rotatable bonds is 3. The Morgan fingerprint density at radius 1 is 1.17 bits per heavy atom. The van der Waals surface area contributed by atoms with Crippen LogP contribution in [0.4, 0.5) is 4.79 Å². The van der Waals surface area contributed by atoms with Gasteiger partial charge < -0.3 is 15.1 Å². The van der Waals surface area contributed by atoms with Crippen molar-refractivity contribution in [3.8, 4) is 0 Å². The summed E-state index contributed by atoms with van der Waals surface area (Å²) in [7, 11) is 0. The lowest BCUT2D eigenvalue weighted by Crippen LogP contribution is -2.54. The van der Waals surface area contributed by atoms with Gasteiger partial charge in [0, 0.05) is 32.2 Å². The molecule has 3 rings (SSSR count). The van der Waals surface area contributed by atoms with Crippen LogP contribution in [0.15, 0.2) is 12.1 Å². The van der Waals surface area contributed by atoms with Crippen LogP contribution in [0.2, 0.25) is 0 Å². The molecule has 0 atom stereocenters. The van der Waals surface area contributed by atoms with Crippen LogP contribution in [-0.4, -0.2) is 59.7 Å². The number of likely N-dealkylation sites (tertiary alicyclic amines) is 1. The fourth-order valence-electron chi connectivity index (χ4n) is 3.17. The van der Waals surface area contributed by atoms with E-state index >= 15 is 0 Å². The zero-order valence-electron chi connectivity index (χ0n) is 13.2. The summed E-state index contributed by atoms with van der Waals surface area (Å²) in [6, 6.07) is 3.68. The van der Waals surface area contributed by atoms with Crippen molar-refractivity contribution in [2.24, 2.45) is 0 Å². The Labute approximate surface area is 139 Å². The molecule has 0 aromatic carbocycles. The molecule has 1 N–H and O–H groups in total. The van der Waals surface area contributed by atoms with E-state index in [9.17, 15) is 14.4 Å². The highest BCUT2D eigenvalue weighted by Gasteiger charge is 2.31. The molecular formula is C16H21N3O3S. The summed E-state index contributed by atoms with van der Waals surface area (Å²) in [5.41, 5.74) is 0. The van der Waals surface area contributed by atoms with Gasteiger partial charge in [0.15, 0.2) is 5.78 Å². The zero-order chi connectivity index (χ0) is 16.4. The van der Waals surface area contributed by atoms with Gasteiger partial charge >= 0.3 is 6.03 Å². The second-order valence-corrected chi connectivity index (χ2v) is 7.11. The minimum atomic E-state index is -0.0103. The first-order chi connectivity index (χ1) is 11.1. The standard InChI is InChI=1S/C16H21N3O3S/c1-11(20)13-3-4-14(23-13)15(21)18-9-5-12(6-10-18)19-8-2-7-17-16(19)22/h3-4,12H,2,5-10H2,1H3,(H,17,22). The van der Waals surface area contributed by atoms with Gasteiger partial charge in [-0.1, -0.05) is 0 Å². The molecule has 2 aliphatic heterocycles. The fraction of sp³-hybridized carbons (Fsp3) is 0.562. The Kier molecular flexibility index (Phi) is 4.66. The van der Waals surface area contributed by atoms with E-state index in [0.29, 0.717) is 22.8 Å². The maximum absolute atomic E-state index is 12.5. The van der Waals surface area contributed by atoms with E-state index in [2.05, 4.69) is 5.32 Å². The molecule has 0 saturated carbocycles. The molecule has 3 heterocycles. The lowest BCUT2D eigenvalue weighted by molar-refractivity contribution is 0.0647. The van der Waals surface area contributed by atoms with Crippen molar-refractivity contribution in [3.63, 3.8) is 0 Å². The van der Waals surface area contributed by atoms with Crippen LogP contribution in [0.5, 0.6) is 0 Å². The van der Waals surface area contributed by atoms with Gasteiger partial charge in [0.1, 0.15) is 0 Å². The average Bonchev–Trinajstić information content (AvgIpc) is 3.05. The van der Waals surface area contributed by atoms with Crippen molar-refractivity contribution in [2.75, 3.05) is 26.2 Å². The van der Waals surface area contributed by atoms with Gasteiger partial charge in [0.2, 0.25) is 0 Å². The molecule has 124 valence electrons. The van der Waals surface area contributed by atoms with Crippen molar-refractivity contribution in [3.05, 3.63) is 21.9 Å².